The molecule has 1 aromatic heterocycles. The van der Waals surface area contributed by atoms with E-state index in [0.717, 1.165) is 17.0 Å². The first-order chi connectivity index (χ1) is 13.8. The van der Waals surface area contributed by atoms with Crippen LogP contribution in [0.5, 0.6) is 11.5 Å². The maximum absolute atomic E-state index is 12.4. The highest BCUT2D eigenvalue weighted by atomic mass is 16.6. The van der Waals surface area contributed by atoms with E-state index in [0.29, 0.717) is 0 Å². The van der Waals surface area contributed by atoms with E-state index in [-0.39, 0.29) is 29.6 Å². The number of pyridine rings is 1. The quantitative estimate of drug-likeness (QED) is 0.551. The molecule has 3 rings (SSSR count). The Morgan fingerprint density at radius 3 is 2.69 bits per heavy atom. The van der Waals surface area contributed by atoms with Gasteiger partial charge in [0, 0.05) is 6.07 Å². The molecule has 13 heteroatoms. The first-order valence-corrected chi connectivity index (χ1v) is 8.01. The first kappa shape index (κ1) is 19.5. The van der Waals surface area contributed by atoms with Gasteiger partial charge in [0.25, 0.3) is 17.4 Å². The van der Waals surface area contributed by atoms with Gasteiger partial charge in [-0.1, -0.05) is 0 Å². The maximum Gasteiger partial charge on any atom is 0.366 e. The Morgan fingerprint density at radius 2 is 2.03 bits per heavy atom. The van der Waals surface area contributed by atoms with Crippen molar-refractivity contribution in [2.24, 2.45) is 0 Å². The summed E-state index contributed by atoms with van der Waals surface area (Å²) in [6.45, 7) is -0.963. The van der Waals surface area contributed by atoms with Gasteiger partial charge in [-0.15, -0.1) is 0 Å². The van der Waals surface area contributed by atoms with Crippen molar-refractivity contribution in [1.82, 2.24) is 4.98 Å². The third-order valence-electron chi connectivity index (χ3n) is 3.90. The third-order valence-corrected chi connectivity index (χ3v) is 3.90. The van der Waals surface area contributed by atoms with E-state index >= 15 is 0 Å². The molecule has 2 aromatic rings. The number of carbonyl (C=O) groups is 2. The standard InChI is InChI=1S/C16H13N5O8/c1-28-9-2-3-10(11(6-9)20(24)25)17-14(22)7-19-15(23)8-29-12-4-5-13(21(26)27)18-16(12)19/h2-6H,7-8H2,1H3,(H,17,22). The van der Waals surface area contributed by atoms with Crippen molar-refractivity contribution in [3.8, 4) is 11.5 Å². The van der Waals surface area contributed by atoms with Gasteiger partial charge in [-0.05, 0) is 28.1 Å². The summed E-state index contributed by atoms with van der Waals surface area (Å²) in [6.07, 6.45) is 0. The highest BCUT2D eigenvalue weighted by Crippen LogP contribution is 2.32. The smallest absolute Gasteiger partial charge is 0.366 e. The van der Waals surface area contributed by atoms with E-state index in [1.54, 1.807) is 0 Å². The van der Waals surface area contributed by atoms with Crippen LogP contribution in [0.4, 0.5) is 23.0 Å². The molecule has 0 saturated heterocycles. The number of anilines is 2. The van der Waals surface area contributed by atoms with Crippen LogP contribution in [-0.2, 0) is 9.59 Å². The molecule has 0 fully saturated rings. The van der Waals surface area contributed by atoms with Gasteiger partial charge >= 0.3 is 5.82 Å². The molecule has 13 nitrogen and oxygen atoms in total. The van der Waals surface area contributed by atoms with Gasteiger partial charge in [0.2, 0.25) is 5.91 Å². The van der Waals surface area contributed by atoms with E-state index in [1.165, 1.54) is 25.3 Å². The second-order valence-corrected chi connectivity index (χ2v) is 5.71. The third kappa shape index (κ3) is 4.02. The molecule has 0 atom stereocenters. The summed E-state index contributed by atoms with van der Waals surface area (Å²) in [5.41, 5.74) is -0.506. The summed E-state index contributed by atoms with van der Waals surface area (Å²) in [6, 6.07) is 6.21. The highest BCUT2D eigenvalue weighted by Gasteiger charge is 2.34. The zero-order chi connectivity index (χ0) is 21.1. The lowest BCUT2D eigenvalue weighted by atomic mass is 10.2. The summed E-state index contributed by atoms with van der Waals surface area (Å²) in [5, 5.41) is 24.5. The number of amides is 2. The summed E-state index contributed by atoms with van der Waals surface area (Å²) in [7, 11) is 1.34. The molecule has 1 aliphatic rings. The Bertz CT molecular complexity index is 1020. The van der Waals surface area contributed by atoms with E-state index in [1.807, 2.05) is 0 Å². The maximum atomic E-state index is 12.4. The van der Waals surface area contributed by atoms with Crippen molar-refractivity contribution in [3.05, 3.63) is 50.6 Å². The Hall–Kier alpha value is -4.29. The van der Waals surface area contributed by atoms with Crippen LogP contribution in [0.25, 0.3) is 0 Å². The number of rotatable bonds is 6. The number of ether oxygens (including phenoxy) is 2. The monoisotopic (exact) mass is 403 g/mol. The topological polar surface area (TPSA) is 167 Å². The second kappa shape index (κ2) is 7.75. The summed E-state index contributed by atoms with van der Waals surface area (Å²) in [4.78, 5) is 50.0. The molecule has 2 amide bonds. The van der Waals surface area contributed by atoms with Crippen LogP contribution < -0.4 is 19.7 Å². The number of methoxy groups -OCH3 is 1. The normalized spacial score (nSPS) is 12.6. The van der Waals surface area contributed by atoms with Crippen LogP contribution in [0.2, 0.25) is 0 Å². The number of hydrogen-bond acceptors (Lipinski definition) is 9. The lowest BCUT2D eigenvalue weighted by Gasteiger charge is -2.24. The molecule has 29 heavy (non-hydrogen) atoms. The van der Waals surface area contributed by atoms with Crippen LogP contribution in [0, 0.1) is 20.2 Å². The predicted molar refractivity (Wildman–Crippen MR) is 97.0 cm³/mol. The summed E-state index contributed by atoms with van der Waals surface area (Å²) < 4.78 is 10.1. The largest absolute Gasteiger partial charge is 0.496 e. The lowest BCUT2D eigenvalue weighted by molar-refractivity contribution is -0.389. The number of nitro groups is 2. The number of nitrogens with zero attached hydrogens (tertiary/aromatic N) is 4. The number of benzene rings is 1. The Labute approximate surface area is 162 Å². The van der Waals surface area contributed by atoms with Crippen LogP contribution in [-0.4, -0.2) is 46.9 Å². The minimum atomic E-state index is -0.771. The molecule has 1 aromatic carbocycles. The molecule has 0 spiro atoms. The Morgan fingerprint density at radius 1 is 1.28 bits per heavy atom. The van der Waals surface area contributed by atoms with Crippen molar-refractivity contribution >= 4 is 34.8 Å². The first-order valence-electron chi connectivity index (χ1n) is 8.01. The lowest BCUT2D eigenvalue weighted by Crippen LogP contribution is -2.44. The predicted octanol–water partition coefficient (Wildman–Crippen LogP) is 1.27. The number of nitrogens with one attached hydrogen (secondary N) is 1. The number of aromatic nitrogens is 1. The van der Waals surface area contributed by atoms with Crippen molar-refractivity contribution in [3.63, 3.8) is 0 Å². The second-order valence-electron chi connectivity index (χ2n) is 5.71. The van der Waals surface area contributed by atoms with Crippen molar-refractivity contribution < 1.29 is 28.9 Å². The SMILES string of the molecule is COc1ccc(NC(=O)CN2C(=O)COc3ccc([N+](=O)[O-])nc32)c([N+](=O)[O-])c1. The van der Waals surface area contributed by atoms with Gasteiger partial charge in [0.1, 0.15) is 18.0 Å². The Balaban J connectivity index is 1.85. The van der Waals surface area contributed by atoms with Gasteiger partial charge in [-0.3, -0.25) is 24.6 Å². The highest BCUT2D eigenvalue weighted by molar-refractivity contribution is 6.04. The van der Waals surface area contributed by atoms with Crippen molar-refractivity contribution in [2.45, 2.75) is 0 Å². The average molecular weight is 403 g/mol. The van der Waals surface area contributed by atoms with E-state index in [9.17, 15) is 29.8 Å². The molecular formula is C16H13N5O8. The van der Waals surface area contributed by atoms with Crippen molar-refractivity contribution in [2.75, 3.05) is 30.5 Å². The fraction of sp³-hybridized carbons (Fsp3) is 0.188. The van der Waals surface area contributed by atoms with Gasteiger partial charge in [0.05, 0.1) is 18.1 Å². The number of carbonyl (C=O) groups excluding carboxylic acids is 2. The molecule has 0 saturated carbocycles. The van der Waals surface area contributed by atoms with E-state index in [4.69, 9.17) is 9.47 Å². The molecule has 0 bridgehead atoms. The van der Waals surface area contributed by atoms with Crippen molar-refractivity contribution in [1.29, 1.82) is 0 Å². The Kier molecular flexibility index (Phi) is 5.21. The molecule has 0 unspecified atom stereocenters. The van der Waals surface area contributed by atoms with E-state index in [2.05, 4.69) is 10.3 Å². The number of hydrogen-bond donors (Lipinski definition) is 1. The minimum Gasteiger partial charge on any atom is -0.496 e. The molecule has 1 aliphatic heterocycles. The number of nitro benzene ring substituents is 1. The van der Waals surface area contributed by atoms with Gasteiger partial charge in [-0.25, -0.2) is 0 Å². The average Bonchev–Trinajstić information content (AvgIpc) is 2.69. The van der Waals surface area contributed by atoms with Gasteiger partial charge in [-0.2, -0.15) is 0 Å². The van der Waals surface area contributed by atoms with Gasteiger partial charge in [0.15, 0.2) is 12.4 Å². The molecule has 150 valence electrons. The minimum absolute atomic E-state index is 0.0958. The molecular weight excluding hydrogens is 390 g/mol. The zero-order valence-electron chi connectivity index (χ0n) is 14.9. The number of fused-ring (bicyclic) bond motifs is 1. The molecule has 2 heterocycles. The molecule has 1 N–H and O–H groups in total. The molecule has 0 aliphatic carbocycles. The van der Waals surface area contributed by atoms with Crippen LogP contribution in [0.1, 0.15) is 0 Å². The fourth-order valence-corrected chi connectivity index (χ4v) is 2.56. The van der Waals surface area contributed by atoms with E-state index < -0.39 is 39.7 Å². The van der Waals surface area contributed by atoms with Crippen LogP contribution in [0.15, 0.2) is 30.3 Å². The fourth-order valence-electron chi connectivity index (χ4n) is 2.56. The van der Waals surface area contributed by atoms with Crippen LogP contribution >= 0.6 is 0 Å². The van der Waals surface area contributed by atoms with Crippen LogP contribution in [0.3, 0.4) is 0 Å². The van der Waals surface area contributed by atoms with Gasteiger partial charge < -0.3 is 24.9 Å². The summed E-state index contributed by atoms with van der Waals surface area (Å²) >= 11 is 0. The molecule has 0 radical (unpaired) electrons. The zero-order valence-corrected chi connectivity index (χ0v) is 14.9. The summed E-state index contributed by atoms with van der Waals surface area (Å²) in [5.74, 6) is -1.81.